The van der Waals surface area contributed by atoms with Gasteiger partial charge in [0, 0.05) is 17.7 Å². The lowest BCUT2D eigenvalue weighted by atomic mass is 10.1. The summed E-state index contributed by atoms with van der Waals surface area (Å²) < 4.78 is 0. The molecule has 98 valence electrons. The minimum atomic E-state index is -0.482. The third-order valence-electron chi connectivity index (χ3n) is 2.72. The van der Waals surface area contributed by atoms with Crippen LogP contribution in [0.5, 0.6) is 0 Å². The molecule has 2 amide bonds. The number of nitrogens with one attached hydrogen (secondary N) is 1. The first kappa shape index (κ1) is 14.2. The Labute approximate surface area is 107 Å². The van der Waals surface area contributed by atoms with Crippen molar-refractivity contribution in [2.75, 3.05) is 11.9 Å². The van der Waals surface area contributed by atoms with Gasteiger partial charge in [0.15, 0.2) is 0 Å². The molecule has 1 rings (SSSR count). The number of rotatable bonds is 6. The van der Waals surface area contributed by atoms with E-state index in [1.54, 1.807) is 24.3 Å². The van der Waals surface area contributed by atoms with Crippen molar-refractivity contribution in [3.8, 4) is 0 Å². The molecule has 0 aliphatic rings. The molecule has 1 aromatic rings. The molecular formula is C13H19N3O2. The van der Waals surface area contributed by atoms with Crippen molar-refractivity contribution in [2.45, 2.75) is 19.8 Å². The van der Waals surface area contributed by atoms with Gasteiger partial charge in [-0.25, -0.2) is 0 Å². The number of primary amides is 1. The van der Waals surface area contributed by atoms with Crippen LogP contribution in [-0.2, 0) is 4.79 Å². The third-order valence-corrected chi connectivity index (χ3v) is 2.72. The molecule has 0 heterocycles. The number of hydrogen-bond donors (Lipinski definition) is 3. The summed E-state index contributed by atoms with van der Waals surface area (Å²) in [6.45, 7) is 2.59. The Morgan fingerprint density at radius 2 is 1.89 bits per heavy atom. The number of anilines is 1. The van der Waals surface area contributed by atoms with Gasteiger partial charge in [0.2, 0.25) is 11.8 Å². The van der Waals surface area contributed by atoms with Gasteiger partial charge < -0.3 is 16.8 Å². The van der Waals surface area contributed by atoms with Gasteiger partial charge in [-0.1, -0.05) is 6.92 Å². The van der Waals surface area contributed by atoms with E-state index in [0.717, 1.165) is 6.42 Å². The zero-order chi connectivity index (χ0) is 13.5. The van der Waals surface area contributed by atoms with Gasteiger partial charge in [0.05, 0.1) is 0 Å². The quantitative estimate of drug-likeness (QED) is 0.704. The standard InChI is InChI=1S/C13H19N3O2/c1-9(8-14)2-7-12(17)16-11-5-3-10(4-6-11)13(15)18/h3-6,9H,2,7-8,14H2,1H3,(H2,15,18)(H,16,17). The van der Waals surface area contributed by atoms with Crippen LogP contribution in [0.3, 0.4) is 0 Å². The molecule has 1 aromatic carbocycles. The zero-order valence-corrected chi connectivity index (χ0v) is 10.5. The Morgan fingerprint density at radius 3 is 2.39 bits per heavy atom. The molecule has 0 saturated heterocycles. The van der Waals surface area contributed by atoms with Crippen LogP contribution in [0.1, 0.15) is 30.1 Å². The van der Waals surface area contributed by atoms with Gasteiger partial charge in [-0.15, -0.1) is 0 Å². The van der Waals surface area contributed by atoms with Crippen molar-refractivity contribution in [1.29, 1.82) is 0 Å². The molecule has 0 fully saturated rings. The summed E-state index contributed by atoms with van der Waals surface area (Å²) in [7, 11) is 0. The van der Waals surface area contributed by atoms with Crippen molar-refractivity contribution in [3.63, 3.8) is 0 Å². The predicted octanol–water partition coefficient (Wildman–Crippen LogP) is 1.10. The highest BCUT2D eigenvalue weighted by atomic mass is 16.1. The molecule has 1 unspecified atom stereocenters. The molecule has 5 heteroatoms. The molecule has 1 atom stereocenters. The summed E-state index contributed by atoms with van der Waals surface area (Å²) >= 11 is 0. The van der Waals surface area contributed by atoms with Gasteiger partial charge in [-0.05, 0) is 43.1 Å². The molecule has 0 aromatic heterocycles. The largest absolute Gasteiger partial charge is 0.366 e. The highest BCUT2D eigenvalue weighted by molar-refractivity contribution is 5.94. The molecule has 18 heavy (non-hydrogen) atoms. The van der Waals surface area contributed by atoms with E-state index in [1.165, 1.54) is 0 Å². The average Bonchev–Trinajstić information content (AvgIpc) is 2.36. The predicted molar refractivity (Wildman–Crippen MR) is 71.0 cm³/mol. The second-order valence-electron chi connectivity index (χ2n) is 4.37. The van der Waals surface area contributed by atoms with E-state index in [2.05, 4.69) is 5.32 Å². The van der Waals surface area contributed by atoms with E-state index in [1.807, 2.05) is 6.92 Å². The number of carbonyl (C=O) groups excluding carboxylic acids is 2. The maximum Gasteiger partial charge on any atom is 0.248 e. The topological polar surface area (TPSA) is 98.2 Å². The molecule has 0 aliphatic heterocycles. The van der Waals surface area contributed by atoms with Crippen LogP contribution in [0, 0.1) is 5.92 Å². The van der Waals surface area contributed by atoms with E-state index in [4.69, 9.17) is 11.5 Å². The molecule has 5 nitrogen and oxygen atoms in total. The Bertz CT molecular complexity index is 415. The van der Waals surface area contributed by atoms with Crippen molar-refractivity contribution < 1.29 is 9.59 Å². The summed E-state index contributed by atoms with van der Waals surface area (Å²) in [5.41, 5.74) is 11.7. The number of hydrogen-bond acceptors (Lipinski definition) is 3. The van der Waals surface area contributed by atoms with Gasteiger partial charge >= 0.3 is 0 Å². The lowest BCUT2D eigenvalue weighted by Gasteiger charge is -2.08. The van der Waals surface area contributed by atoms with E-state index < -0.39 is 5.91 Å². The fourth-order valence-electron chi connectivity index (χ4n) is 1.44. The smallest absolute Gasteiger partial charge is 0.248 e. The van der Waals surface area contributed by atoms with Crippen LogP contribution in [0.4, 0.5) is 5.69 Å². The maximum absolute atomic E-state index is 11.6. The minimum absolute atomic E-state index is 0.0536. The van der Waals surface area contributed by atoms with E-state index >= 15 is 0 Å². The van der Waals surface area contributed by atoms with E-state index in [-0.39, 0.29) is 5.91 Å². The maximum atomic E-state index is 11.6. The molecule has 5 N–H and O–H groups in total. The summed E-state index contributed by atoms with van der Waals surface area (Å²) in [4.78, 5) is 22.5. The van der Waals surface area contributed by atoms with Crippen LogP contribution in [0.15, 0.2) is 24.3 Å². The Kier molecular flexibility index (Phi) is 5.32. The number of nitrogens with two attached hydrogens (primary N) is 2. The zero-order valence-electron chi connectivity index (χ0n) is 10.5. The first-order valence-corrected chi connectivity index (χ1v) is 5.92. The highest BCUT2D eigenvalue weighted by Crippen LogP contribution is 2.11. The van der Waals surface area contributed by atoms with E-state index in [9.17, 15) is 9.59 Å². The monoisotopic (exact) mass is 249 g/mol. The van der Waals surface area contributed by atoms with Crippen LogP contribution in [0.2, 0.25) is 0 Å². The number of carbonyl (C=O) groups is 2. The molecule has 0 saturated carbocycles. The molecule has 0 radical (unpaired) electrons. The van der Waals surface area contributed by atoms with Crippen molar-refractivity contribution in [3.05, 3.63) is 29.8 Å². The van der Waals surface area contributed by atoms with Gasteiger partial charge in [0.25, 0.3) is 0 Å². The molecule has 0 bridgehead atoms. The Morgan fingerprint density at radius 1 is 1.28 bits per heavy atom. The highest BCUT2D eigenvalue weighted by Gasteiger charge is 2.06. The second-order valence-corrected chi connectivity index (χ2v) is 4.37. The summed E-state index contributed by atoms with van der Waals surface area (Å²) in [6.07, 6.45) is 1.21. The van der Waals surface area contributed by atoms with Gasteiger partial charge in [0.1, 0.15) is 0 Å². The average molecular weight is 249 g/mol. The normalized spacial score (nSPS) is 11.9. The molecule has 0 spiro atoms. The second kappa shape index (κ2) is 6.76. The third kappa shape index (κ3) is 4.55. The SMILES string of the molecule is CC(CN)CCC(=O)Nc1ccc(C(N)=O)cc1. The fourth-order valence-corrected chi connectivity index (χ4v) is 1.44. The van der Waals surface area contributed by atoms with Crippen LogP contribution in [-0.4, -0.2) is 18.4 Å². The summed E-state index contributed by atoms with van der Waals surface area (Å²) in [6, 6.07) is 6.48. The summed E-state index contributed by atoms with van der Waals surface area (Å²) in [5, 5.41) is 2.76. The first-order valence-electron chi connectivity index (χ1n) is 5.92. The Hall–Kier alpha value is -1.88. The fraction of sp³-hybridized carbons (Fsp3) is 0.385. The van der Waals surface area contributed by atoms with Crippen LogP contribution >= 0.6 is 0 Å². The lowest BCUT2D eigenvalue weighted by molar-refractivity contribution is -0.116. The molecule has 0 aliphatic carbocycles. The number of benzene rings is 1. The lowest BCUT2D eigenvalue weighted by Crippen LogP contribution is -2.16. The summed E-state index contributed by atoms with van der Waals surface area (Å²) in [5.74, 6) is -0.195. The van der Waals surface area contributed by atoms with Crippen molar-refractivity contribution >= 4 is 17.5 Å². The van der Waals surface area contributed by atoms with E-state index in [0.29, 0.717) is 30.1 Å². The minimum Gasteiger partial charge on any atom is -0.366 e. The Balaban J connectivity index is 2.47. The first-order chi connectivity index (χ1) is 8.52. The van der Waals surface area contributed by atoms with Gasteiger partial charge in [-0.3, -0.25) is 9.59 Å². The van der Waals surface area contributed by atoms with Crippen LogP contribution < -0.4 is 16.8 Å². The van der Waals surface area contributed by atoms with Crippen molar-refractivity contribution in [2.24, 2.45) is 17.4 Å². The van der Waals surface area contributed by atoms with Crippen molar-refractivity contribution in [1.82, 2.24) is 0 Å². The molecular weight excluding hydrogens is 230 g/mol. The van der Waals surface area contributed by atoms with Gasteiger partial charge in [-0.2, -0.15) is 0 Å². The van der Waals surface area contributed by atoms with Crippen LogP contribution in [0.25, 0.3) is 0 Å². The number of amides is 2.